The van der Waals surface area contributed by atoms with E-state index in [9.17, 15) is 4.79 Å². The Labute approximate surface area is 113 Å². The van der Waals surface area contributed by atoms with Gasteiger partial charge < -0.3 is 10.2 Å². The van der Waals surface area contributed by atoms with Crippen LogP contribution < -0.4 is 5.32 Å². The van der Waals surface area contributed by atoms with E-state index in [0.29, 0.717) is 12.5 Å². The lowest BCUT2D eigenvalue weighted by atomic mass is 10.0. The largest absolute Gasteiger partial charge is 0.333 e. The molecule has 2 amide bonds. The molecule has 1 aliphatic rings. The number of carbonyl (C=O) groups excluding carboxylic acids is 1. The highest BCUT2D eigenvalue weighted by Gasteiger charge is 2.20. The van der Waals surface area contributed by atoms with Crippen molar-refractivity contribution < 1.29 is 4.79 Å². The van der Waals surface area contributed by atoms with E-state index in [0.717, 1.165) is 19.5 Å². The molecule has 3 nitrogen and oxygen atoms in total. The fourth-order valence-corrected chi connectivity index (χ4v) is 3.38. The Morgan fingerprint density at radius 3 is 2.94 bits per heavy atom. The highest BCUT2D eigenvalue weighted by molar-refractivity contribution is 7.12. The molecule has 0 bridgehead atoms. The van der Waals surface area contributed by atoms with Gasteiger partial charge in [-0.3, -0.25) is 0 Å². The predicted molar refractivity (Wildman–Crippen MR) is 76.0 cm³/mol. The molecule has 2 rings (SSSR count). The van der Waals surface area contributed by atoms with Crippen molar-refractivity contribution >= 4 is 17.4 Å². The Bertz CT molecular complexity index is 408. The molecule has 1 atom stereocenters. The molecule has 18 heavy (non-hydrogen) atoms. The summed E-state index contributed by atoms with van der Waals surface area (Å²) in [6, 6.07) is 2.25. The number of amides is 2. The van der Waals surface area contributed by atoms with Gasteiger partial charge in [0.05, 0.1) is 6.54 Å². The molecule has 1 unspecified atom stereocenters. The number of likely N-dealkylation sites (tertiary alicyclic amines) is 1. The third kappa shape index (κ3) is 3.25. The monoisotopic (exact) mass is 266 g/mol. The molecule has 1 aromatic heterocycles. The summed E-state index contributed by atoms with van der Waals surface area (Å²) >= 11 is 1.77. The van der Waals surface area contributed by atoms with Crippen LogP contribution in [0.1, 0.15) is 35.1 Å². The summed E-state index contributed by atoms with van der Waals surface area (Å²) in [4.78, 5) is 16.6. The smallest absolute Gasteiger partial charge is 0.317 e. The zero-order valence-corrected chi connectivity index (χ0v) is 12.3. The first kappa shape index (κ1) is 13.4. The maximum Gasteiger partial charge on any atom is 0.317 e. The Balaban J connectivity index is 1.84. The summed E-state index contributed by atoms with van der Waals surface area (Å²) in [6.45, 7) is 8.91. The molecule has 0 spiro atoms. The average molecular weight is 266 g/mol. The van der Waals surface area contributed by atoms with Crippen LogP contribution in [0.5, 0.6) is 0 Å². The van der Waals surface area contributed by atoms with E-state index in [4.69, 9.17) is 0 Å². The van der Waals surface area contributed by atoms with Gasteiger partial charge in [-0.25, -0.2) is 4.79 Å². The predicted octanol–water partition coefficient (Wildman–Crippen LogP) is 3.31. The fraction of sp³-hybridized carbons (Fsp3) is 0.643. The molecular formula is C14H22N2OS. The van der Waals surface area contributed by atoms with Gasteiger partial charge in [0, 0.05) is 22.8 Å². The van der Waals surface area contributed by atoms with Gasteiger partial charge in [0.1, 0.15) is 0 Å². The lowest BCUT2D eigenvalue weighted by Crippen LogP contribution is -2.44. The number of nitrogens with one attached hydrogen (secondary N) is 1. The lowest BCUT2D eigenvalue weighted by molar-refractivity contribution is 0.169. The number of rotatable bonds is 2. The van der Waals surface area contributed by atoms with Crippen molar-refractivity contribution in [3.05, 3.63) is 21.4 Å². The summed E-state index contributed by atoms with van der Waals surface area (Å²) in [5, 5.41) is 3.03. The van der Waals surface area contributed by atoms with Gasteiger partial charge in [0.2, 0.25) is 0 Å². The van der Waals surface area contributed by atoms with Crippen molar-refractivity contribution in [1.82, 2.24) is 10.2 Å². The summed E-state index contributed by atoms with van der Waals surface area (Å²) in [6.07, 6.45) is 2.37. The first-order chi connectivity index (χ1) is 8.56. The molecule has 4 heteroatoms. The standard InChI is InChI=1S/C14H22N2OS/c1-10-5-4-6-16(9-10)14(17)15-8-13-7-11(2)12(3)18-13/h7,10H,4-6,8-9H2,1-3H3,(H,15,17). The van der Waals surface area contributed by atoms with Gasteiger partial charge in [0.15, 0.2) is 0 Å². The molecule has 1 N–H and O–H groups in total. The topological polar surface area (TPSA) is 32.3 Å². The van der Waals surface area contributed by atoms with E-state index in [-0.39, 0.29) is 6.03 Å². The normalized spacial score (nSPS) is 19.9. The van der Waals surface area contributed by atoms with E-state index in [1.807, 2.05) is 4.90 Å². The highest BCUT2D eigenvalue weighted by atomic mass is 32.1. The van der Waals surface area contributed by atoms with Crippen LogP contribution in [0.15, 0.2) is 6.07 Å². The third-order valence-corrected chi connectivity index (χ3v) is 4.73. The van der Waals surface area contributed by atoms with Crippen molar-refractivity contribution in [3.8, 4) is 0 Å². The first-order valence-corrected chi connectivity index (χ1v) is 7.46. The number of thiophene rings is 1. The Morgan fingerprint density at radius 2 is 2.33 bits per heavy atom. The molecule has 1 aliphatic heterocycles. The van der Waals surface area contributed by atoms with Crippen molar-refractivity contribution in [2.75, 3.05) is 13.1 Å². The van der Waals surface area contributed by atoms with E-state index in [1.54, 1.807) is 11.3 Å². The Hall–Kier alpha value is -1.03. The molecule has 1 aromatic rings. The number of hydrogen-bond acceptors (Lipinski definition) is 2. The molecule has 0 aliphatic carbocycles. The third-order valence-electron chi connectivity index (χ3n) is 3.58. The molecule has 1 fully saturated rings. The SMILES string of the molecule is Cc1cc(CNC(=O)N2CCCC(C)C2)sc1C. The molecule has 0 saturated carbocycles. The maximum atomic E-state index is 12.0. The number of piperidine rings is 1. The van der Waals surface area contributed by atoms with Crippen LogP contribution in [-0.2, 0) is 6.54 Å². The maximum absolute atomic E-state index is 12.0. The average Bonchev–Trinajstić information content (AvgIpc) is 2.66. The number of nitrogens with zero attached hydrogens (tertiary/aromatic N) is 1. The quantitative estimate of drug-likeness (QED) is 0.875. The minimum absolute atomic E-state index is 0.0882. The van der Waals surface area contributed by atoms with Gasteiger partial charge in [-0.15, -0.1) is 11.3 Å². The van der Waals surface area contributed by atoms with Crippen LogP contribution in [0.2, 0.25) is 0 Å². The van der Waals surface area contributed by atoms with Crippen molar-refractivity contribution in [2.24, 2.45) is 5.92 Å². The van der Waals surface area contributed by atoms with E-state index in [2.05, 4.69) is 32.2 Å². The Kier molecular flexibility index (Phi) is 4.27. The number of carbonyl (C=O) groups is 1. The lowest BCUT2D eigenvalue weighted by Gasteiger charge is -2.30. The summed E-state index contributed by atoms with van der Waals surface area (Å²) < 4.78 is 0. The zero-order chi connectivity index (χ0) is 13.1. The minimum atomic E-state index is 0.0882. The highest BCUT2D eigenvalue weighted by Crippen LogP contribution is 2.20. The summed E-state index contributed by atoms with van der Waals surface area (Å²) in [5.74, 6) is 0.635. The van der Waals surface area contributed by atoms with E-state index >= 15 is 0 Å². The van der Waals surface area contributed by atoms with Crippen LogP contribution in [-0.4, -0.2) is 24.0 Å². The van der Waals surface area contributed by atoms with Gasteiger partial charge in [-0.05, 0) is 44.2 Å². The van der Waals surface area contributed by atoms with Crippen LogP contribution in [0.3, 0.4) is 0 Å². The van der Waals surface area contributed by atoms with Crippen LogP contribution in [0, 0.1) is 19.8 Å². The summed E-state index contributed by atoms with van der Waals surface area (Å²) in [7, 11) is 0. The first-order valence-electron chi connectivity index (χ1n) is 6.65. The molecular weight excluding hydrogens is 244 g/mol. The fourth-order valence-electron chi connectivity index (χ4n) is 2.39. The van der Waals surface area contributed by atoms with Gasteiger partial charge >= 0.3 is 6.03 Å². The van der Waals surface area contributed by atoms with Gasteiger partial charge in [-0.2, -0.15) is 0 Å². The summed E-state index contributed by atoms with van der Waals surface area (Å²) in [5.41, 5.74) is 1.32. The van der Waals surface area contributed by atoms with Gasteiger partial charge in [0.25, 0.3) is 0 Å². The van der Waals surface area contributed by atoms with Crippen molar-refractivity contribution in [3.63, 3.8) is 0 Å². The molecule has 0 aromatic carbocycles. The molecule has 1 saturated heterocycles. The van der Waals surface area contributed by atoms with Crippen LogP contribution in [0.25, 0.3) is 0 Å². The second kappa shape index (κ2) is 5.74. The van der Waals surface area contributed by atoms with Crippen LogP contribution in [0.4, 0.5) is 4.79 Å². The van der Waals surface area contributed by atoms with Crippen LogP contribution >= 0.6 is 11.3 Å². The van der Waals surface area contributed by atoms with E-state index in [1.165, 1.54) is 21.7 Å². The molecule has 0 radical (unpaired) electrons. The molecule has 2 heterocycles. The van der Waals surface area contributed by atoms with Crippen molar-refractivity contribution in [1.29, 1.82) is 0 Å². The van der Waals surface area contributed by atoms with Crippen molar-refractivity contribution in [2.45, 2.75) is 40.2 Å². The second-order valence-corrected chi connectivity index (χ2v) is 6.64. The Morgan fingerprint density at radius 1 is 1.56 bits per heavy atom. The minimum Gasteiger partial charge on any atom is -0.333 e. The van der Waals surface area contributed by atoms with Gasteiger partial charge in [-0.1, -0.05) is 6.92 Å². The van der Waals surface area contributed by atoms with E-state index < -0.39 is 0 Å². The number of hydrogen-bond donors (Lipinski definition) is 1. The second-order valence-electron chi connectivity index (χ2n) is 5.30. The molecule has 100 valence electrons. The zero-order valence-electron chi connectivity index (χ0n) is 11.5. The number of urea groups is 1. The number of aryl methyl sites for hydroxylation is 2.